The van der Waals surface area contributed by atoms with Gasteiger partial charge < -0.3 is 10.5 Å². The third-order valence-corrected chi connectivity index (χ3v) is 2.51. The number of nitrogens with one attached hydrogen (secondary N) is 1. The normalized spacial score (nSPS) is 10.0. The first kappa shape index (κ1) is 15.7. The van der Waals surface area contributed by atoms with Gasteiger partial charge in [0.25, 0.3) is 0 Å². The summed E-state index contributed by atoms with van der Waals surface area (Å²) in [6.45, 7) is 0.400. The van der Waals surface area contributed by atoms with E-state index in [-0.39, 0.29) is 11.9 Å². The molecule has 0 fully saturated rings. The molecule has 4 N–H and O–H groups in total. The van der Waals surface area contributed by atoms with Crippen LogP contribution in [0.1, 0.15) is 44.9 Å². The predicted octanol–water partition coefficient (Wildman–Crippen LogP) is 1.47. The second-order valence-electron chi connectivity index (χ2n) is 3.96. The highest BCUT2D eigenvalue weighted by Gasteiger charge is 2.01. The van der Waals surface area contributed by atoms with Crippen molar-refractivity contribution in [2.45, 2.75) is 44.9 Å². The molecule has 0 rings (SSSR count). The molecular formula is C11H23N3O3. The average molecular weight is 245 g/mol. The summed E-state index contributed by atoms with van der Waals surface area (Å²) in [7, 11) is 1.40. The van der Waals surface area contributed by atoms with Crippen LogP contribution in [-0.2, 0) is 9.53 Å². The van der Waals surface area contributed by atoms with Gasteiger partial charge in [-0.05, 0) is 12.8 Å². The van der Waals surface area contributed by atoms with E-state index >= 15 is 0 Å². The molecule has 17 heavy (non-hydrogen) atoms. The Balaban J connectivity index is 3.19. The van der Waals surface area contributed by atoms with Crippen LogP contribution < -0.4 is 5.73 Å². The van der Waals surface area contributed by atoms with Crippen LogP contribution in [-0.4, -0.2) is 35.9 Å². The van der Waals surface area contributed by atoms with Gasteiger partial charge in [-0.2, -0.15) is 0 Å². The summed E-state index contributed by atoms with van der Waals surface area (Å²) in [4.78, 5) is 10.8. The standard InChI is InChI=1S/C11H23N3O3/c1-17-10(15)8-6-4-2-3-5-7-9-14(16)11(12)13/h16H,2-9H2,1H3,(H3,12,13). The second kappa shape index (κ2) is 9.89. The van der Waals surface area contributed by atoms with Crippen molar-refractivity contribution in [2.75, 3.05) is 13.7 Å². The Kier molecular flexibility index (Phi) is 9.14. The summed E-state index contributed by atoms with van der Waals surface area (Å²) in [6, 6.07) is 0. The third-order valence-electron chi connectivity index (χ3n) is 2.51. The number of hydrogen-bond donors (Lipinski definition) is 3. The number of guanidine groups is 1. The quantitative estimate of drug-likeness (QED) is 0.188. The van der Waals surface area contributed by atoms with Gasteiger partial charge in [0.2, 0.25) is 5.96 Å². The lowest BCUT2D eigenvalue weighted by Crippen LogP contribution is -2.34. The van der Waals surface area contributed by atoms with Crippen LogP contribution in [0.4, 0.5) is 0 Å². The molecule has 0 bridgehead atoms. The summed E-state index contributed by atoms with van der Waals surface area (Å²) in [5.41, 5.74) is 5.07. The topological polar surface area (TPSA) is 99.6 Å². The Bertz CT molecular complexity index is 234. The predicted molar refractivity (Wildman–Crippen MR) is 64.7 cm³/mol. The van der Waals surface area contributed by atoms with E-state index < -0.39 is 0 Å². The van der Waals surface area contributed by atoms with E-state index in [0.717, 1.165) is 43.6 Å². The van der Waals surface area contributed by atoms with Crippen LogP contribution in [0.5, 0.6) is 0 Å². The Labute approximate surface area is 102 Å². The van der Waals surface area contributed by atoms with Crippen LogP contribution in [0.3, 0.4) is 0 Å². The van der Waals surface area contributed by atoms with E-state index in [4.69, 9.17) is 16.4 Å². The van der Waals surface area contributed by atoms with Crippen LogP contribution in [0.15, 0.2) is 0 Å². The summed E-state index contributed by atoms with van der Waals surface area (Å²) >= 11 is 0. The van der Waals surface area contributed by atoms with Crippen molar-refractivity contribution >= 4 is 11.9 Å². The maximum absolute atomic E-state index is 10.8. The molecule has 0 aromatic heterocycles. The van der Waals surface area contributed by atoms with Crippen molar-refractivity contribution in [1.29, 1.82) is 5.41 Å². The van der Waals surface area contributed by atoms with Gasteiger partial charge in [-0.1, -0.05) is 25.7 Å². The van der Waals surface area contributed by atoms with Gasteiger partial charge in [0.05, 0.1) is 7.11 Å². The lowest BCUT2D eigenvalue weighted by atomic mass is 10.1. The van der Waals surface area contributed by atoms with Gasteiger partial charge in [-0.15, -0.1) is 0 Å². The number of esters is 1. The summed E-state index contributed by atoms with van der Waals surface area (Å²) in [5, 5.41) is 16.8. The van der Waals surface area contributed by atoms with Gasteiger partial charge in [0.15, 0.2) is 0 Å². The molecule has 0 amide bonds. The van der Waals surface area contributed by atoms with E-state index in [2.05, 4.69) is 4.74 Å². The largest absolute Gasteiger partial charge is 0.469 e. The molecule has 0 saturated carbocycles. The molecule has 6 nitrogen and oxygen atoms in total. The van der Waals surface area contributed by atoms with E-state index in [0.29, 0.717) is 13.0 Å². The van der Waals surface area contributed by atoms with Crippen molar-refractivity contribution in [3.63, 3.8) is 0 Å². The summed E-state index contributed by atoms with van der Waals surface area (Å²) < 4.78 is 4.54. The number of carbonyl (C=O) groups is 1. The number of hydroxylamine groups is 2. The van der Waals surface area contributed by atoms with Crippen molar-refractivity contribution in [3.05, 3.63) is 0 Å². The van der Waals surface area contributed by atoms with E-state index in [9.17, 15) is 4.79 Å². The van der Waals surface area contributed by atoms with Crippen LogP contribution in [0.2, 0.25) is 0 Å². The number of ether oxygens (including phenoxy) is 1. The lowest BCUT2D eigenvalue weighted by molar-refractivity contribution is -0.140. The summed E-state index contributed by atoms with van der Waals surface area (Å²) in [6.07, 6.45) is 6.31. The minimum Gasteiger partial charge on any atom is -0.469 e. The fraction of sp³-hybridized carbons (Fsp3) is 0.818. The number of rotatable bonds is 9. The fourth-order valence-electron chi connectivity index (χ4n) is 1.46. The number of hydrogen-bond acceptors (Lipinski definition) is 4. The zero-order valence-electron chi connectivity index (χ0n) is 10.4. The van der Waals surface area contributed by atoms with Crippen LogP contribution >= 0.6 is 0 Å². The molecule has 0 aliphatic heterocycles. The third kappa shape index (κ3) is 9.62. The van der Waals surface area contributed by atoms with Gasteiger partial charge in [-0.25, -0.2) is 5.06 Å². The Hall–Kier alpha value is -1.30. The fourth-order valence-corrected chi connectivity index (χ4v) is 1.46. The van der Waals surface area contributed by atoms with Crippen molar-refractivity contribution in [1.82, 2.24) is 5.06 Å². The molecule has 0 aliphatic carbocycles. The van der Waals surface area contributed by atoms with E-state index in [1.54, 1.807) is 0 Å². The Morgan fingerprint density at radius 2 is 1.76 bits per heavy atom. The molecule has 100 valence electrons. The highest BCUT2D eigenvalue weighted by molar-refractivity contribution is 5.73. The highest BCUT2D eigenvalue weighted by Crippen LogP contribution is 2.07. The molecule has 0 aliphatic rings. The first-order valence-electron chi connectivity index (χ1n) is 5.95. The Morgan fingerprint density at radius 3 is 2.29 bits per heavy atom. The van der Waals surface area contributed by atoms with Crippen LogP contribution in [0.25, 0.3) is 0 Å². The number of carbonyl (C=O) groups excluding carboxylic acids is 1. The number of methoxy groups -OCH3 is 1. The maximum Gasteiger partial charge on any atom is 0.305 e. The van der Waals surface area contributed by atoms with Gasteiger partial charge >= 0.3 is 5.97 Å². The first-order valence-corrected chi connectivity index (χ1v) is 5.95. The first-order chi connectivity index (χ1) is 8.07. The maximum atomic E-state index is 10.8. The molecule has 0 atom stereocenters. The number of nitrogens with two attached hydrogens (primary N) is 1. The van der Waals surface area contributed by atoms with Gasteiger partial charge in [0.1, 0.15) is 0 Å². The number of nitrogens with zero attached hydrogens (tertiary/aromatic N) is 1. The lowest BCUT2D eigenvalue weighted by Gasteiger charge is -2.13. The molecule has 0 aromatic carbocycles. The zero-order chi connectivity index (χ0) is 13.1. The minimum absolute atomic E-state index is 0.151. The van der Waals surface area contributed by atoms with Crippen molar-refractivity contribution in [3.8, 4) is 0 Å². The molecule has 0 saturated heterocycles. The SMILES string of the molecule is COC(=O)CCCCCCCCN(O)C(=N)N. The van der Waals surface area contributed by atoms with E-state index in [1.807, 2.05) is 0 Å². The number of unbranched alkanes of at least 4 members (excludes halogenated alkanes) is 5. The van der Waals surface area contributed by atoms with Crippen molar-refractivity contribution in [2.24, 2.45) is 5.73 Å². The average Bonchev–Trinajstić information content (AvgIpc) is 2.31. The molecular weight excluding hydrogens is 222 g/mol. The molecule has 0 aromatic rings. The van der Waals surface area contributed by atoms with Crippen molar-refractivity contribution < 1.29 is 14.7 Å². The summed E-state index contributed by atoms with van der Waals surface area (Å²) in [5.74, 6) is -0.467. The molecule has 0 radical (unpaired) electrons. The highest BCUT2D eigenvalue weighted by atomic mass is 16.5. The molecule has 0 unspecified atom stereocenters. The molecule has 0 spiro atoms. The second-order valence-corrected chi connectivity index (χ2v) is 3.96. The Morgan fingerprint density at radius 1 is 1.24 bits per heavy atom. The zero-order valence-corrected chi connectivity index (χ0v) is 10.4. The monoisotopic (exact) mass is 245 g/mol. The van der Waals surface area contributed by atoms with Gasteiger partial charge in [0, 0.05) is 13.0 Å². The minimum atomic E-state index is -0.317. The smallest absolute Gasteiger partial charge is 0.305 e. The van der Waals surface area contributed by atoms with Crippen LogP contribution in [0, 0.1) is 5.41 Å². The van der Waals surface area contributed by atoms with Gasteiger partial charge in [-0.3, -0.25) is 15.4 Å². The van der Waals surface area contributed by atoms with E-state index in [1.165, 1.54) is 7.11 Å². The molecule has 0 heterocycles. The molecule has 6 heteroatoms.